The summed E-state index contributed by atoms with van der Waals surface area (Å²) in [5, 5.41) is 4.79. The smallest absolute Gasteiger partial charge is 0.261 e. The molecule has 2 unspecified atom stereocenters. The average Bonchev–Trinajstić information content (AvgIpc) is 3.04. The van der Waals surface area contributed by atoms with E-state index in [9.17, 15) is 9.59 Å². The fourth-order valence-corrected chi connectivity index (χ4v) is 4.88. The molecule has 1 amide bonds. The molecule has 1 aliphatic rings. The fourth-order valence-electron chi connectivity index (χ4n) is 3.79. The summed E-state index contributed by atoms with van der Waals surface area (Å²) < 4.78 is 0.893. The number of aryl methyl sites for hydroxylation is 1. The van der Waals surface area contributed by atoms with Crippen LogP contribution in [0.2, 0.25) is 0 Å². The molecule has 25 heavy (non-hydrogen) atoms. The summed E-state index contributed by atoms with van der Waals surface area (Å²) >= 11 is 1.42. The second-order valence-corrected chi connectivity index (χ2v) is 8.25. The topological polar surface area (TPSA) is 62.0 Å². The minimum absolute atomic E-state index is 0.0554. The Morgan fingerprint density at radius 2 is 2.00 bits per heavy atom. The van der Waals surface area contributed by atoms with Gasteiger partial charge in [-0.05, 0) is 43.9 Å². The van der Waals surface area contributed by atoms with Crippen LogP contribution in [-0.2, 0) is 0 Å². The number of carbonyl (C=O) groups excluding carboxylic acids is 1. The minimum Gasteiger partial charge on any atom is -0.348 e. The van der Waals surface area contributed by atoms with Crippen LogP contribution < -0.4 is 10.9 Å². The van der Waals surface area contributed by atoms with Gasteiger partial charge in [-0.2, -0.15) is 0 Å². The summed E-state index contributed by atoms with van der Waals surface area (Å²) in [6.45, 7) is 4.23. The summed E-state index contributed by atoms with van der Waals surface area (Å²) in [7, 11) is 0. The number of H-pyrrole nitrogens is 1. The van der Waals surface area contributed by atoms with E-state index in [4.69, 9.17) is 0 Å². The van der Waals surface area contributed by atoms with Crippen LogP contribution in [0.15, 0.2) is 29.1 Å². The van der Waals surface area contributed by atoms with Crippen LogP contribution in [0.25, 0.3) is 21.0 Å². The van der Waals surface area contributed by atoms with Gasteiger partial charge in [-0.15, -0.1) is 11.3 Å². The first-order valence-corrected chi connectivity index (χ1v) is 9.71. The number of carbonyl (C=O) groups is 1. The van der Waals surface area contributed by atoms with Gasteiger partial charge in [0.05, 0.1) is 10.3 Å². The van der Waals surface area contributed by atoms with Gasteiger partial charge in [0.15, 0.2) is 0 Å². The van der Waals surface area contributed by atoms with Gasteiger partial charge in [-0.1, -0.05) is 31.4 Å². The Labute approximate surface area is 150 Å². The third-order valence-corrected chi connectivity index (χ3v) is 6.46. The first-order chi connectivity index (χ1) is 12.0. The molecule has 0 bridgehead atoms. The number of benzene rings is 1. The van der Waals surface area contributed by atoms with E-state index in [0.717, 1.165) is 27.6 Å². The molecule has 2 atom stereocenters. The van der Waals surface area contributed by atoms with E-state index in [-0.39, 0.29) is 17.5 Å². The zero-order valence-corrected chi connectivity index (χ0v) is 15.3. The van der Waals surface area contributed by atoms with Crippen molar-refractivity contribution in [2.24, 2.45) is 5.92 Å². The number of rotatable bonds is 2. The second-order valence-electron chi connectivity index (χ2n) is 7.20. The van der Waals surface area contributed by atoms with E-state index in [1.165, 1.54) is 30.6 Å². The van der Waals surface area contributed by atoms with Crippen LogP contribution in [0.4, 0.5) is 0 Å². The number of pyridine rings is 1. The number of nitrogens with one attached hydrogen (secondary N) is 2. The molecule has 2 aromatic heterocycles. The van der Waals surface area contributed by atoms with Crippen LogP contribution in [-0.4, -0.2) is 16.9 Å². The Bertz CT molecular complexity index is 1020. The maximum atomic E-state index is 12.7. The van der Waals surface area contributed by atoms with E-state index in [1.54, 1.807) is 6.07 Å². The highest BCUT2D eigenvalue weighted by Gasteiger charge is 2.24. The molecule has 4 nitrogen and oxygen atoms in total. The first kappa shape index (κ1) is 16.3. The molecule has 2 heterocycles. The summed E-state index contributed by atoms with van der Waals surface area (Å²) in [6.07, 6.45) is 4.63. The number of thiophene rings is 1. The zero-order valence-electron chi connectivity index (χ0n) is 14.5. The standard InChI is InChI=1S/C20H22N2O2S/c1-11-7-8-16-13(9-11)18-14(19(23)22-16)10-17(25-18)20(24)21-15-6-4-3-5-12(15)2/h7-10,12,15H,3-6H2,1-2H3,(H,21,24)(H,22,23). The van der Waals surface area contributed by atoms with Crippen molar-refractivity contribution in [2.45, 2.75) is 45.6 Å². The van der Waals surface area contributed by atoms with E-state index in [0.29, 0.717) is 16.2 Å². The van der Waals surface area contributed by atoms with Crippen molar-refractivity contribution in [3.8, 4) is 0 Å². The molecule has 3 aromatic rings. The molecule has 130 valence electrons. The molecule has 1 fully saturated rings. The lowest BCUT2D eigenvalue weighted by Gasteiger charge is -2.29. The lowest BCUT2D eigenvalue weighted by molar-refractivity contribution is 0.0914. The first-order valence-electron chi connectivity index (χ1n) is 8.90. The van der Waals surface area contributed by atoms with E-state index in [1.807, 2.05) is 19.1 Å². The van der Waals surface area contributed by atoms with Gasteiger partial charge < -0.3 is 10.3 Å². The van der Waals surface area contributed by atoms with Gasteiger partial charge in [0, 0.05) is 21.6 Å². The highest BCUT2D eigenvalue weighted by molar-refractivity contribution is 7.21. The molecule has 2 N–H and O–H groups in total. The normalized spacial score (nSPS) is 20.9. The molecule has 1 aliphatic carbocycles. The largest absolute Gasteiger partial charge is 0.348 e. The van der Waals surface area contributed by atoms with Gasteiger partial charge in [0.2, 0.25) is 0 Å². The maximum absolute atomic E-state index is 12.7. The summed E-state index contributed by atoms with van der Waals surface area (Å²) in [5.74, 6) is 0.458. The summed E-state index contributed by atoms with van der Waals surface area (Å²) in [5.41, 5.74) is 1.82. The molecule has 1 aromatic carbocycles. The molecule has 0 spiro atoms. The number of hydrogen-bond acceptors (Lipinski definition) is 3. The van der Waals surface area contributed by atoms with E-state index >= 15 is 0 Å². The van der Waals surface area contributed by atoms with Crippen molar-refractivity contribution >= 4 is 38.2 Å². The Kier molecular flexibility index (Phi) is 4.12. The maximum Gasteiger partial charge on any atom is 0.261 e. The highest BCUT2D eigenvalue weighted by atomic mass is 32.1. The number of fused-ring (bicyclic) bond motifs is 3. The molecule has 0 radical (unpaired) electrons. The summed E-state index contributed by atoms with van der Waals surface area (Å²) in [6, 6.07) is 7.95. The number of aromatic amines is 1. The minimum atomic E-state index is -0.132. The summed E-state index contributed by atoms with van der Waals surface area (Å²) in [4.78, 5) is 28.6. The molecule has 1 saturated carbocycles. The average molecular weight is 354 g/mol. The second kappa shape index (κ2) is 6.30. The Hall–Kier alpha value is -2.14. The monoisotopic (exact) mass is 354 g/mol. The molecule has 4 rings (SSSR count). The fraction of sp³-hybridized carbons (Fsp3) is 0.400. The van der Waals surface area contributed by atoms with Crippen LogP contribution in [0.5, 0.6) is 0 Å². The predicted octanol–water partition coefficient (Wildman–Crippen LogP) is 4.36. The van der Waals surface area contributed by atoms with Crippen molar-refractivity contribution in [1.29, 1.82) is 0 Å². The Morgan fingerprint density at radius 3 is 2.80 bits per heavy atom. The number of hydrogen-bond donors (Lipinski definition) is 2. The lowest BCUT2D eigenvalue weighted by Crippen LogP contribution is -2.40. The van der Waals surface area contributed by atoms with E-state index < -0.39 is 0 Å². The zero-order chi connectivity index (χ0) is 17.6. The molecule has 0 saturated heterocycles. The van der Waals surface area contributed by atoms with Gasteiger partial charge in [-0.3, -0.25) is 9.59 Å². The van der Waals surface area contributed by atoms with Gasteiger partial charge in [0.1, 0.15) is 0 Å². The highest BCUT2D eigenvalue weighted by Crippen LogP contribution is 2.31. The number of aromatic nitrogens is 1. The van der Waals surface area contributed by atoms with E-state index in [2.05, 4.69) is 23.3 Å². The predicted molar refractivity (Wildman–Crippen MR) is 104 cm³/mol. The van der Waals surface area contributed by atoms with Gasteiger partial charge in [-0.25, -0.2) is 0 Å². The van der Waals surface area contributed by atoms with Gasteiger partial charge >= 0.3 is 0 Å². The van der Waals surface area contributed by atoms with Crippen LogP contribution >= 0.6 is 11.3 Å². The Morgan fingerprint density at radius 1 is 1.20 bits per heavy atom. The number of amides is 1. The van der Waals surface area contributed by atoms with Crippen molar-refractivity contribution in [1.82, 2.24) is 10.3 Å². The van der Waals surface area contributed by atoms with Crippen molar-refractivity contribution in [2.75, 3.05) is 0 Å². The molecule has 0 aliphatic heterocycles. The van der Waals surface area contributed by atoms with Crippen LogP contribution in [0, 0.1) is 12.8 Å². The Balaban J connectivity index is 1.74. The lowest BCUT2D eigenvalue weighted by atomic mass is 9.86. The third kappa shape index (κ3) is 2.97. The van der Waals surface area contributed by atoms with Crippen molar-refractivity contribution < 1.29 is 4.79 Å². The quantitative estimate of drug-likeness (QED) is 0.718. The SMILES string of the molecule is Cc1ccc2[nH]c(=O)c3cc(C(=O)NC4CCCCC4C)sc3c2c1. The van der Waals surface area contributed by atoms with Crippen molar-refractivity contribution in [3.05, 3.63) is 45.1 Å². The molecular formula is C20H22N2O2S. The van der Waals surface area contributed by atoms with Gasteiger partial charge in [0.25, 0.3) is 11.5 Å². The van der Waals surface area contributed by atoms with Crippen LogP contribution in [0.1, 0.15) is 47.8 Å². The third-order valence-electron chi connectivity index (χ3n) is 5.30. The van der Waals surface area contributed by atoms with Crippen LogP contribution in [0.3, 0.4) is 0 Å². The van der Waals surface area contributed by atoms with Crippen molar-refractivity contribution in [3.63, 3.8) is 0 Å². The molecule has 5 heteroatoms. The molecular weight excluding hydrogens is 332 g/mol.